The third kappa shape index (κ3) is 5.83. The smallest absolute Gasteiger partial charge is 0.370 e. The van der Waals surface area contributed by atoms with Gasteiger partial charge in [-0.05, 0) is 30.3 Å². The van der Waals surface area contributed by atoms with E-state index in [0.29, 0.717) is 5.75 Å². The fourth-order valence-corrected chi connectivity index (χ4v) is 2.86. The number of carboxylic acid groups (broad SMARTS) is 1. The van der Waals surface area contributed by atoms with E-state index >= 15 is 0 Å². The van der Waals surface area contributed by atoms with Gasteiger partial charge in [-0.1, -0.05) is 0 Å². The second-order valence-corrected chi connectivity index (χ2v) is 6.89. The Kier molecular flexibility index (Phi) is 7.43. The molecule has 0 spiro atoms. The lowest BCUT2D eigenvalue weighted by atomic mass is 9.94. The molecule has 1 aromatic rings. The van der Waals surface area contributed by atoms with Crippen molar-refractivity contribution in [3.05, 3.63) is 36.1 Å². The van der Waals surface area contributed by atoms with Gasteiger partial charge in [0.25, 0.3) is 0 Å². The third-order valence-electron chi connectivity index (χ3n) is 4.39. The molecule has 29 heavy (non-hydrogen) atoms. The van der Waals surface area contributed by atoms with Crippen LogP contribution in [0.4, 0.5) is 5.69 Å². The number of anilines is 1. The van der Waals surface area contributed by atoms with E-state index < -0.39 is 48.1 Å². The molecule has 160 valence electrons. The minimum atomic E-state index is -1.65. The minimum Gasteiger partial charge on any atom is -0.491 e. The highest BCUT2D eigenvalue weighted by molar-refractivity contribution is 5.84. The van der Waals surface area contributed by atoms with E-state index in [-0.39, 0.29) is 6.61 Å². The molecule has 0 aromatic heterocycles. The Bertz CT molecular complexity index is 749. The molecule has 0 unspecified atom stereocenters. The van der Waals surface area contributed by atoms with E-state index in [1.165, 1.54) is 6.92 Å². The number of hydrogen-bond acceptors (Lipinski definition) is 8. The number of benzene rings is 1. The summed E-state index contributed by atoms with van der Waals surface area (Å²) in [4.78, 5) is 24.5. The highest BCUT2D eigenvalue weighted by Gasteiger charge is 2.43. The Morgan fingerprint density at radius 1 is 1.24 bits per heavy atom. The van der Waals surface area contributed by atoms with Crippen LogP contribution in [0.2, 0.25) is 0 Å². The third-order valence-corrected chi connectivity index (χ3v) is 4.39. The van der Waals surface area contributed by atoms with Gasteiger partial charge in [0, 0.05) is 26.7 Å². The number of nitrogens with one attached hydrogen (secondary N) is 1. The molecule has 1 aliphatic rings. The molecule has 1 heterocycles. The Balaban J connectivity index is 2.07. The van der Waals surface area contributed by atoms with Crippen LogP contribution < -0.4 is 15.0 Å². The second-order valence-electron chi connectivity index (χ2n) is 6.89. The minimum absolute atomic E-state index is 0.322. The fraction of sp³-hybridized carbons (Fsp3) is 0.474. The summed E-state index contributed by atoms with van der Waals surface area (Å²) < 4.78 is 10.7. The highest BCUT2D eigenvalue weighted by atomic mass is 16.5. The first kappa shape index (κ1) is 22.5. The zero-order valence-corrected chi connectivity index (χ0v) is 16.3. The van der Waals surface area contributed by atoms with Crippen LogP contribution in [-0.4, -0.2) is 83.5 Å². The van der Waals surface area contributed by atoms with Crippen LogP contribution in [0.1, 0.15) is 6.92 Å². The number of carbonyl (C=O) groups is 2. The second kappa shape index (κ2) is 9.59. The average molecular weight is 410 g/mol. The van der Waals surface area contributed by atoms with Crippen LogP contribution in [-0.2, 0) is 14.3 Å². The van der Waals surface area contributed by atoms with Gasteiger partial charge in [-0.3, -0.25) is 4.79 Å². The van der Waals surface area contributed by atoms with Crippen LogP contribution in [0.15, 0.2) is 36.1 Å². The lowest BCUT2D eigenvalue weighted by Crippen LogP contribution is -2.60. The number of carbonyl (C=O) groups excluding carboxylic acids is 1. The number of carboxylic acids is 1. The Hall–Kier alpha value is -2.82. The van der Waals surface area contributed by atoms with Gasteiger partial charge in [0.2, 0.25) is 11.7 Å². The van der Waals surface area contributed by atoms with E-state index in [2.05, 4.69) is 5.32 Å². The van der Waals surface area contributed by atoms with Gasteiger partial charge in [-0.15, -0.1) is 0 Å². The maximum atomic E-state index is 11.4. The van der Waals surface area contributed by atoms with Gasteiger partial charge < -0.3 is 40.1 Å². The largest absolute Gasteiger partial charge is 0.491 e. The van der Waals surface area contributed by atoms with Crippen molar-refractivity contribution in [2.24, 2.45) is 0 Å². The lowest BCUT2D eigenvalue weighted by Gasteiger charge is -2.38. The molecule has 5 atom stereocenters. The molecule has 0 radical (unpaired) electrons. The first-order chi connectivity index (χ1) is 13.6. The van der Waals surface area contributed by atoms with Gasteiger partial charge >= 0.3 is 5.97 Å². The summed E-state index contributed by atoms with van der Waals surface area (Å²) >= 11 is 0. The standard InChI is InChI=1S/C19H26N2O8/c1-10(22)20-16-13(23)8-15(19(26)27)29-18(16)17(25)14(24)9-28-12-6-4-11(5-7-12)21(2)3/h4-8,13-14,16-18,23-25H,9H2,1-3H3,(H,20,22)(H,26,27)/t13-,14+,16+,17+,18+/m0/s1. The van der Waals surface area contributed by atoms with Gasteiger partial charge in [0.15, 0.2) is 6.10 Å². The van der Waals surface area contributed by atoms with Crippen LogP contribution in [0.5, 0.6) is 5.75 Å². The fourth-order valence-electron chi connectivity index (χ4n) is 2.86. The molecule has 1 amide bonds. The van der Waals surface area contributed by atoms with Gasteiger partial charge in [0.05, 0.1) is 6.04 Å². The van der Waals surface area contributed by atoms with Crippen LogP contribution in [0.25, 0.3) is 0 Å². The SMILES string of the molecule is CC(=O)N[C@H]1[C@H]([C@H](O)[C@H](O)COc2ccc(N(C)C)cc2)OC(C(=O)O)=C[C@@H]1O. The maximum absolute atomic E-state index is 11.4. The van der Waals surface area contributed by atoms with Crippen molar-refractivity contribution in [1.82, 2.24) is 5.32 Å². The van der Waals surface area contributed by atoms with E-state index in [4.69, 9.17) is 14.6 Å². The number of aliphatic carboxylic acids is 1. The molecular weight excluding hydrogens is 384 g/mol. The zero-order chi connectivity index (χ0) is 21.7. The number of rotatable bonds is 8. The maximum Gasteiger partial charge on any atom is 0.370 e. The molecule has 0 saturated heterocycles. The summed E-state index contributed by atoms with van der Waals surface area (Å²) in [6, 6.07) is 5.87. The molecule has 10 heteroatoms. The predicted molar refractivity (Wildman–Crippen MR) is 102 cm³/mol. The highest BCUT2D eigenvalue weighted by Crippen LogP contribution is 2.24. The summed E-state index contributed by atoms with van der Waals surface area (Å²) in [7, 11) is 3.78. The zero-order valence-electron chi connectivity index (χ0n) is 16.3. The molecule has 0 bridgehead atoms. The molecular formula is C19H26N2O8. The monoisotopic (exact) mass is 410 g/mol. The van der Waals surface area contributed by atoms with E-state index in [9.17, 15) is 24.9 Å². The van der Waals surface area contributed by atoms with Gasteiger partial charge in [0.1, 0.15) is 30.7 Å². The van der Waals surface area contributed by atoms with Crippen LogP contribution in [0, 0.1) is 0 Å². The molecule has 0 saturated carbocycles. The molecule has 5 N–H and O–H groups in total. The molecule has 2 rings (SSSR count). The first-order valence-electron chi connectivity index (χ1n) is 8.93. The molecule has 1 aliphatic heterocycles. The quantitative estimate of drug-likeness (QED) is 0.367. The number of aliphatic hydroxyl groups is 3. The van der Waals surface area contributed by atoms with Crippen molar-refractivity contribution in [3.63, 3.8) is 0 Å². The van der Waals surface area contributed by atoms with Gasteiger partial charge in [-0.2, -0.15) is 0 Å². The number of amides is 1. The summed E-state index contributed by atoms with van der Waals surface area (Å²) in [5, 5.41) is 42.5. The summed E-state index contributed by atoms with van der Waals surface area (Å²) in [6.45, 7) is 0.876. The normalized spacial score (nSPS) is 23.2. The van der Waals surface area contributed by atoms with Crippen molar-refractivity contribution >= 4 is 17.6 Å². The number of ether oxygens (including phenoxy) is 2. The topological polar surface area (TPSA) is 149 Å². The van der Waals surface area contributed by atoms with Crippen LogP contribution >= 0.6 is 0 Å². The van der Waals surface area contributed by atoms with E-state index in [0.717, 1.165) is 11.8 Å². The summed E-state index contributed by atoms with van der Waals surface area (Å²) in [5.41, 5.74) is 0.952. The average Bonchev–Trinajstić information content (AvgIpc) is 2.66. The summed E-state index contributed by atoms with van der Waals surface area (Å²) in [5.74, 6) is -2.10. The van der Waals surface area contributed by atoms with Crippen molar-refractivity contribution in [2.75, 3.05) is 25.6 Å². The lowest BCUT2D eigenvalue weighted by molar-refractivity contribution is -0.149. The van der Waals surface area contributed by atoms with E-state index in [1.54, 1.807) is 12.1 Å². The first-order valence-corrected chi connectivity index (χ1v) is 8.93. The molecule has 1 aromatic carbocycles. The van der Waals surface area contributed by atoms with Gasteiger partial charge in [-0.25, -0.2) is 4.79 Å². The molecule has 10 nitrogen and oxygen atoms in total. The predicted octanol–water partition coefficient (Wildman–Crippen LogP) is -0.914. The molecule has 0 aliphatic carbocycles. The van der Waals surface area contributed by atoms with Crippen molar-refractivity contribution < 1.29 is 39.5 Å². The Labute approximate surface area is 168 Å². The van der Waals surface area contributed by atoms with Crippen molar-refractivity contribution in [3.8, 4) is 5.75 Å². The number of hydrogen-bond donors (Lipinski definition) is 5. The summed E-state index contributed by atoms with van der Waals surface area (Å²) in [6.07, 6.45) is -5.04. The number of nitrogens with zero attached hydrogens (tertiary/aromatic N) is 1. The van der Waals surface area contributed by atoms with Crippen molar-refractivity contribution in [1.29, 1.82) is 0 Å². The Morgan fingerprint density at radius 3 is 2.38 bits per heavy atom. The Morgan fingerprint density at radius 2 is 1.86 bits per heavy atom. The van der Waals surface area contributed by atoms with Crippen LogP contribution in [0.3, 0.4) is 0 Å². The van der Waals surface area contributed by atoms with Crippen molar-refractivity contribution in [2.45, 2.75) is 37.4 Å². The molecule has 0 fully saturated rings. The van der Waals surface area contributed by atoms with E-state index in [1.807, 2.05) is 31.1 Å². The number of aliphatic hydroxyl groups excluding tert-OH is 3.